The Balaban J connectivity index is 2.09. The fourth-order valence-electron chi connectivity index (χ4n) is 3.89. The molecule has 0 aliphatic carbocycles. The van der Waals surface area contributed by atoms with Crippen LogP contribution in [-0.2, 0) is 11.0 Å². The molecule has 0 amide bonds. The van der Waals surface area contributed by atoms with E-state index in [-0.39, 0.29) is 5.02 Å². The van der Waals surface area contributed by atoms with Crippen molar-refractivity contribution in [2.24, 2.45) is 5.92 Å². The van der Waals surface area contributed by atoms with Crippen molar-refractivity contribution >= 4 is 17.6 Å². The predicted molar refractivity (Wildman–Crippen MR) is 108 cm³/mol. The van der Waals surface area contributed by atoms with E-state index in [2.05, 4.69) is 0 Å². The van der Waals surface area contributed by atoms with Gasteiger partial charge in [-0.05, 0) is 62.7 Å². The number of carboxylic acid groups (broad SMARTS) is 1. The Morgan fingerprint density at radius 3 is 2.47 bits per heavy atom. The number of hydrogen-bond donors (Lipinski definition) is 1. The topological polar surface area (TPSA) is 49.8 Å². The smallest absolute Gasteiger partial charge is 0.416 e. The molecule has 0 saturated carbocycles. The molecule has 0 aromatic heterocycles. The van der Waals surface area contributed by atoms with Gasteiger partial charge in [0.15, 0.2) is 0 Å². The number of ether oxygens (including phenoxy) is 1. The third kappa shape index (κ3) is 4.90. The number of carbonyl (C=O) groups is 1. The molecule has 162 valence electrons. The van der Waals surface area contributed by atoms with Gasteiger partial charge >= 0.3 is 12.1 Å². The third-order valence-corrected chi connectivity index (χ3v) is 5.72. The number of nitrogens with zero attached hydrogens (tertiary/aromatic N) is 1. The second kappa shape index (κ2) is 9.27. The van der Waals surface area contributed by atoms with Crippen LogP contribution >= 0.6 is 11.6 Å². The number of alkyl halides is 3. The van der Waals surface area contributed by atoms with Crippen LogP contribution in [0.1, 0.15) is 42.5 Å². The summed E-state index contributed by atoms with van der Waals surface area (Å²) in [4.78, 5) is 13.3. The van der Waals surface area contributed by atoms with Crippen molar-refractivity contribution in [2.75, 3.05) is 19.7 Å². The van der Waals surface area contributed by atoms with Gasteiger partial charge in [0.25, 0.3) is 0 Å². The Labute approximate surface area is 178 Å². The summed E-state index contributed by atoms with van der Waals surface area (Å²) in [5.74, 6) is -0.738. The van der Waals surface area contributed by atoms with Crippen LogP contribution in [0.3, 0.4) is 0 Å². The first kappa shape index (κ1) is 22.4. The molecule has 0 bridgehead atoms. The summed E-state index contributed by atoms with van der Waals surface area (Å²) in [5, 5.41) is 9.52. The highest BCUT2D eigenvalue weighted by atomic mass is 35.5. The molecule has 30 heavy (non-hydrogen) atoms. The molecule has 2 aromatic rings. The largest absolute Gasteiger partial charge is 0.494 e. The van der Waals surface area contributed by atoms with Crippen LogP contribution in [0, 0.1) is 5.92 Å². The Hall–Kier alpha value is -2.25. The van der Waals surface area contributed by atoms with Crippen LogP contribution in [-0.4, -0.2) is 35.7 Å². The lowest BCUT2D eigenvalue weighted by molar-refractivity contribution is -0.143. The second-order valence-electron chi connectivity index (χ2n) is 7.26. The minimum atomic E-state index is -4.50. The van der Waals surface area contributed by atoms with Crippen molar-refractivity contribution in [1.82, 2.24) is 4.90 Å². The highest BCUT2D eigenvalue weighted by molar-refractivity contribution is 6.31. The highest BCUT2D eigenvalue weighted by Crippen LogP contribution is 2.42. The Morgan fingerprint density at radius 2 is 1.87 bits per heavy atom. The summed E-state index contributed by atoms with van der Waals surface area (Å²) in [6, 6.07) is 9.92. The van der Waals surface area contributed by atoms with E-state index >= 15 is 0 Å². The minimum absolute atomic E-state index is 0.222. The van der Waals surface area contributed by atoms with Crippen molar-refractivity contribution in [1.29, 1.82) is 0 Å². The first-order valence-corrected chi connectivity index (χ1v) is 10.2. The van der Waals surface area contributed by atoms with Crippen LogP contribution in [0.5, 0.6) is 5.75 Å². The SMILES string of the molecule is CCOc1ccccc1C(c1cc(C(F)(F)F)ccc1Cl)N1CCC(C(=O)O)CC1. The number of aliphatic carboxylic acids is 1. The number of hydrogen-bond acceptors (Lipinski definition) is 3. The van der Waals surface area contributed by atoms with Gasteiger partial charge < -0.3 is 9.84 Å². The van der Waals surface area contributed by atoms with Gasteiger partial charge in [0, 0.05) is 10.6 Å². The zero-order chi connectivity index (χ0) is 21.9. The van der Waals surface area contributed by atoms with E-state index in [1.54, 1.807) is 18.2 Å². The maximum Gasteiger partial charge on any atom is 0.416 e. The number of benzene rings is 2. The number of likely N-dealkylation sites (tertiary alicyclic amines) is 1. The molecule has 1 saturated heterocycles. The molecule has 1 aliphatic heterocycles. The standard InChI is InChI=1S/C22H23ClF3NO3/c1-2-30-19-6-4-3-5-16(19)20(27-11-9-14(10-12-27)21(28)29)17-13-15(22(24,25)26)7-8-18(17)23/h3-8,13-14,20H,2,9-12H2,1H3,(H,28,29). The molecule has 1 atom stereocenters. The van der Waals surface area contributed by atoms with E-state index < -0.39 is 29.7 Å². The van der Waals surface area contributed by atoms with Crippen LogP contribution in [0.2, 0.25) is 5.02 Å². The van der Waals surface area contributed by atoms with Crippen molar-refractivity contribution in [3.8, 4) is 5.75 Å². The molecule has 8 heteroatoms. The van der Waals surface area contributed by atoms with Gasteiger partial charge in [-0.25, -0.2) is 0 Å². The zero-order valence-electron chi connectivity index (χ0n) is 16.5. The number of para-hydroxylation sites is 1. The fraction of sp³-hybridized carbons (Fsp3) is 0.409. The maximum absolute atomic E-state index is 13.4. The molecule has 1 heterocycles. The van der Waals surface area contributed by atoms with Crippen molar-refractivity contribution < 1.29 is 27.8 Å². The first-order chi connectivity index (χ1) is 14.2. The summed E-state index contributed by atoms with van der Waals surface area (Å²) in [7, 11) is 0. The van der Waals surface area contributed by atoms with E-state index in [0.717, 1.165) is 12.1 Å². The van der Waals surface area contributed by atoms with Gasteiger partial charge in [0.1, 0.15) is 5.75 Å². The monoisotopic (exact) mass is 441 g/mol. The van der Waals surface area contributed by atoms with E-state index in [0.29, 0.717) is 49.4 Å². The molecule has 1 N–H and O–H groups in total. The molecule has 0 radical (unpaired) electrons. The molecule has 1 aliphatic rings. The van der Waals surface area contributed by atoms with E-state index in [1.165, 1.54) is 6.07 Å². The van der Waals surface area contributed by atoms with Gasteiger partial charge in [-0.2, -0.15) is 13.2 Å². The lowest BCUT2D eigenvalue weighted by Gasteiger charge is -2.38. The van der Waals surface area contributed by atoms with E-state index in [1.807, 2.05) is 17.9 Å². The Bertz CT molecular complexity index is 895. The fourth-order valence-corrected chi connectivity index (χ4v) is 4.11. The molecular formula is C22H23ClF3NO3. The average molecular weight is 442 g/mol. The molecule has 0 spiro atoms. The Morgan fingerprint density at radius 1 is 1.20 bits per heavy atom. The second-order valence-corrected chi connectivity index (χ2v) is 7.66. The number of rotatable bonds is 6. The molecule has 1 fully saturated rings. The lowest BCUT2D eigenvalue weighted by atomic mass is 9.90. The zero-order valence-corrected chi connectivity index (χ0v) is 17.2. The average Bonchev–Trinajstić information content (AvgIpc) is 2.70. The molecule has 4 nitrogen and oxygen atoms in total. The van der Waals surface area contributed by atoms with E-state index in [9.17, 15) is 23.1 Å². The maximum atomic E-state index is 13.4. The van der Waals surface area contributed by atoms with Crippen LogP contribution < -0.4 is 4.74 Å². The van der Waals surface area contributed by atoms with Gasteiger partial charge in [-0.3, -0.25) is 9.69 Å². The summed E-state index contributed by atoms with van der Waals surface area (Å²) < 4.78 is 45.9. The molecule has 3 rings (SSSR count). The third-order valence-electron chi connectivity index (χ3n) is 5.38. The quantitative estimate of drug-likeness (QED) is 0.630. The summed E-state index contributed by atoms with van der Waals surface area (Å²) in [5.41, 5.74) is 0.253. The molecular weight excluding hydrogens is 419 g/mol. The van der Waals surface area contributed by atoms with Crippen molar-refractivity contribution in [2.45, 2.75) is 32.0 Å². The lowest BCUT2D eigenvalue weighted by Crippen LogP contribution is -2.39. The number of piperidine rings is 1. The van der Waals surface area contributed by atoms with Gasteiger partial charge in [-0.1, -0.05) is 29.8 Å². The van der Waals surface area contributed by atoms with E-state index in [4.69, 9.17) is 16.3 Å². The highest BCUT2D eigenvalue weighted by Gasteiger charge is 2.35. The first-order valence-electron chi connectivity index (χ1n) is 9.77. The van der Waals surface area contributed by atoms with Crippen molar-refractivity contribution in [3.05, 3.63) is 64.2 Å². The molecule has 2 aromatic carbocycles. The molecule has 1 unspecified atom stereocenters. The minimum Gasteiger partial charge on any atom is -0.494 e. The van der Waals surface area contributed by atoms with Crippen LogP contribution in [0.4, 0.5) is 13.2 Å². The summed E-state index contributed by atoms with van der Waals surface area (Å²) in [6.45, 7) is 3.09. The van der Waals surface area contributed by atoms with Gasteiger partial charge in [0.2, 0.25) is 0 Å². The Kier molecular flexibility index (Phi) is 6.93. The van der Waals surface area contributed by atoms with Crippen molar-refractivity contribution in [3.63, 3.8) is 0 Å². The summed E-state index contributed by atoms with van der Waals surface area (Å²) in [6.07, 6.45) is -3.67. The van der Waals surface area contributed by atoms with Gasteiger partial charge in [-0.15, -0.1) is 0 Å². The normalized spacial score (nSPS) is 17.0. The number of halogens is 4. The van der Waals surface area contributed by atoms with Crippen LogP contribution in [0.15, 0.2) is 42.5 Å². The van der Waals surface area contributed by atoms with Crippen LogP contribution in [0.25, 0.3) is 0 Å². The predicted octanol–water partition coefficient (Wildman–Crippen LogP) is 5.64. The van der Waals surface area contributed by atoms with Gasteiger partial charge in [0.05, 0.1) is 24.1 Å². The number of carboxylic acids is 1. The summed E-state index contributed by atoms with van der Waals surface area (Å²) >= 11 is 6.39.